The van der Waals surface area contributed by atoms with E-state index in [1.165, 1.54) is 26.0 Å². The van der Waals surface area contributed by atoms with Crippen LogP contribution in [-0.2, 0) is 19.4 Å². The fourth-order valence-electron chi connectivity index (χ4n) is 2.48. The van der Waals surface area contributed by atoms with Gasteiger partial charge in [0.15, 0.2) is 0 Å². The second kappa shape index (κ2) is 6.88. The van der Waals surface area contributed by atoms with E-state index >= 15 is 0 Å². The summed E-state index contributed by atoms with van der Waals surface area (Å²) in [6.07, 6.45) is -0.152. The molecule has 1 aromatic carbocycles. The van der Waals surface area contributed by atoms with Crippen LogP contribution >= 0.6 is 0 Å². The molecule has 0 aliphatic rings. The molecular formula is C16H23NO6S. The van der Waals surface area contributed by atoms with E-state index in [9.17, 15) is 23.3 Å². The van der Waals surface area contributed by atoms with Gasteiger partial charge in [-0.3, -0.25) is 14.9 Å². The van der Waals surface area contributed by atoms with E-state index in [0.29, 0.717) is 0 Å². The van der Waals surface area contributed by atoms with Crippen molar-refractivity contribution in [3.8, 4) is 0 Å². The maximum absolute atomic E-state index is 13.2. The van der Waals surface area contributed by atoms with Crippen molar-refractivity contribution in [2.45, 2.75) is 56.2 Å². The normalized spacial score (nSPS) is 16.7. The molecule has 0 saturated carbocycles. The van der Waals surface area contributed by atoms with E-state index in [-0.39, 0.29) is 17.9 Å². The van der Waals surface area contributed by atoms with E-state index < -0.39 is 31.0 Å². The van der Waals surface area contributed by atoms with Crippen molar-refractivity contribution in [3.63, 3.8) is 0 Å². The minimum Gasteiger partial charge on any atom is -0.465 e. The smallest absolute Gasteiger partial charge is 0.335 e. The molecule has 7 nitrogen and oxygen atoms in total. The van der Waals surface area contributed by atoms with Crippen LogP contribution in [0.3, 0.4) is 0 Å². The first-order chi connectivity index (χ1) is 11.0. The Hall–Kier alpha value is -1.96. The number of rotatable bonds is 7. The standard InChI is InChI=1S/C16H23NO6S/c1-6-15(4,17(19)20)16(5,14(18)23-7-2)24(21,22)13-10-8-12(3)9-11-13/h8-11H,6-7H2,1-5H3. The van der Waals surface area contributed by atoms with Gasteiger partial charge in [-0.1, -0.05) is 24.6 Å². The summed E-state index contributed by atoms with van der Waals surface area (Å²) < 4.78 is 28.9. The molecule has 0 saturated heterocycles. The Labute approximate surface area is 142 Å². The molecule has 24 heavy (non-hydrogen) atoms. The van der Waals surface area contributed by atoms with Gasteiger partial charge in [-0.05, 0) is 32.9 Å². The number of hydrogen-bond donors (Lipinski definition) is 0. The zero-order valence-electron chi connectivity index (χ0n) is 14.5. The lowest BCUT2D eigenvalue weighted by atomic mass is 9.84. The number of carbonyl (C=O) groups is 1. The van der Waals surface area contributed by atoms with Crippen LogP contribution in [0.25, 0.3) is 0 Å². The third-order valence-corrected chi connectivity index (χ3v) is 7.23. The summed E-state index contributed by atoms with van der Waals surface area (Å²) in [5, 5.41) is 11.7. The number of nitro groups is 1. The van der Waals surface area contributed by atoms with Gasteiger partial charge in [-0.2, -0.15) is 0 Å². The first-order valence-electron chi connectivity index (χ1n) is 7.62. The highest BCUT2D eigenvalue weighted by atomic mass is 32.2. The first kappa shape index (κ1) is 20.1. The highest BCUT2D eigenvalue weighted by molar-refractivity contribution is 7.93. The van der Waals surface area contributed by atoms with Crippen LogP contribution < -0.4 is 0 Å². The Kier molecular flexibility index (Phi) is 5.76. The molecule has 0 aliphatic carbocycles. The van der Waals surface area contributed by atoms with Crippen molar-refractivity contribution < 1.29 is 22.9 Å². The van der Waals surface area contributed by atoms with Crippen LogP contribution in [0.2, 0.25) is 0 Å². The topological polar surface area (TPSA) is 104 Å². The van der Waals surface area contributed by atoms with Crippen molar-refractivity contribution in [2.24, 2.45) is 0 Å². The molecule has 0 amide bonds. The summed E-state index contributed by atoms with van der Waals surface area (Å²) >= 11 is 0. The largest absolute Gasteiger partial charge is 0.465 e. The summed E-state index contributed by atoms with van der Waals surface area (Å²) in [4.78, 5) is 23.4. The summed E-state index contributed by atoms with van der Waals surface area (Å²) in [5.41, 5.74) is -1.21. The quantitative estimate of drug-likeness (QED) is 0.422. The molecule has 0 fully saturated rings. The zero-order chi connectivity index (χ0) is 18.8. The molecule has 0 bridgehead atoms. The maximum atomic E-state index is 13.2. The molecule has 8 heteroatoms. The molecule has 1 rings (SSSR count). The number of ether oxygens (including phenoxy) is 1. The summed E-state index contributed by atoms with van der Waals surface area (Å²) in [5.74, 6) is -1.12. The van der Waals surface area contributed by atoms with Crippen LogP contribution in [0.5, 0.6) is 0 Å². The second-order valence-electron chi connectivity index (χ2n) is 5.95. The lowest BCUT2D eigenvalue weighted by molar-refractivity contribution is -0.569. The number of nitrogens with zero attached hydrogens (tertiary/aromatic N) is 1. The van der Waals surface area contributed by atoms with Crippen LogP contribution in [0.4, 0.5) is 0 Å². The van der Waals surface area contributed by atoms with Gasteiger partial charge in [0.05, 0.1) is 11.5 Å². The van der Waals surface area contributed by atoms with Gasteiger partial charge >= 0.3 is 5.97 Å². The molecule has 0 radical (unpaired) electrons. The van der Waals surface area contributed by atoms with Crippen molar-refractivity contribution in [2.75, 3.05) is 6.61 Å². The summed E-state index contributed by atoms with van der Waals surface area (Å²) in [7, 11) is -4.37. The Morgan fingerprint density at radius 3 is 2.08 bits per heavy atom. The third-order valence-electron chi connectivity index (χ3n) is 4.65. The predicted octanol–water partition coefficient (Wildman–Crippen LogP) is 2.54. The number of benzene rings is 1. The molecule has 2 atom stereocenters. The van der Waals surface area contributed by atoms with Crippen LogP contribution in [-0.4, -0.2) is 36.2 Å². The van der Waals surface area contributed by atoms with Gasteiger partial charge < -0.3 is 4.74 Å². The van der Waals surface area contributed by atoms with Gasteiger partial charge in [0.25, 0.3) is 0 Å². The van der Waals surface area contributed by atoms with E-state index in [4.69, 9.17) is 4.74 Å². The third kappa shape index (κ3) is 2.90. The van der Waals surface area contributed by atoms with Crippen molar-refractivity contribution in [1.29, 1.82) is 0 Å². The highest BCUT2D eigenvalue weighted by Gasteiger charge is 2.68. The molecule has 0 aliphatic heterocycles. The number of aryl methyl sites for hydroxylation is 1. The van der Waals surface area contributed by atoms with Crippen molar-refractivity contribution >= 4 is 15.8 Å². The molecule has 2 unspecified atom stereocenters. The van der Waals surface area contributed by atoms with Crippen LogP contribution in [0.1, 0.15) is 39.7 Å². The first-order valence-corrected chi connectivity index (χ1v) is 9.10. The molecule has 1 aromatic rings. The van der Waals surface area contributed by atoms with E-state index in [1.54, 1.807) is 19.1 Å². The minimum atomic E-state index is -4.37. The second-order valence-corrected chi connectivity index (χ2v) is 8.25. The van der Waals surface area contributed by atoms with Crippen molar-refractivity contribution in [1.82, 2.24) is 0 Å². The molecular weight excluding hydrogens is 334 g/mol. The molecule has 0 spiro atoms. The fourth-order valence-corrected chi connectivity index (χ4v) is 4.52. The molecule has 0 heterocycles. The zero-order valence-corrected chi connectivity index (χ0v) is 15.3. The Morgan fingerprint density at radius 1 is 1.21 bits per heavy atom. The van der Waals surface area contributed by atoms with Gasteiger partial charge in [0.1, 0.15) is 0 Å². The van der Waals surface area contributed by atoms with E-state index in [0.717, 1.165) is 19.4 Å². The number of sulfone groups is 1. The van der Waals surface area contributed by atoms with Gasteiger partial charge in [-0.25, -0.2) is 8.42 Å². The van der Waals surface area contributed by atoms with E-state index in [1.807, 2.05) is 0 Å². The minimum absolute atomic E-state index is 0.0741. The average molecular weight is 357 g/mol. The molecule has 0 N–H and O–H groups in total. The fraction of sp³-hybridized carbons (Fsp3) is 0.562. The molecule has 0 aromatic heterocycles. The SMILES string of the molecule is CCOC(=O)C(C)(C(C)(CC)[N+](=O)[O-])S(=O)(=O)c1ccc(C)cc1. The van der Waals surface area contributed by atoms with Gasteiger partial charge in [0, 0.05) is 18.3 Å². The lowest BCUT2D eigenvalue weighted by Crippen LogP contribution is -2.64. The average Bonchev–Trinajstić information content (AvgIpc) is 2.53. The summed E-state index contributed by atoms with van der Waals surface area (Å²) in [6, 6.07) is 5.85. The Morgan fingerprint density at radius 2 is 1.71 bits per heavy atom. The molecule has 134 valence electrons. The maximum Gasteiger partial charge on any atom is 0.335 e. The summed E-state index contributed by atoms with van der Waals surface area (Å²) in [6.45, 7) is 6.95. The van der Waals surface area contributed by atoms with E-state index in [2.05, 4.69) is 0 Å². The number of esters is 1. The predicted molar refractivity (Wildman–Crippen MR) is 89.1 cm³/mol. The number of carbonyl (C=O) groups excluding carboxylic acids is 1. The number of hydrogen-bond acceptors (Lipinski definition) is 6. The monoisotopic (exact) mass is 357 g/mol. The Bertz CT molecular complexity index is 727. The van der Waals surface area contributed by atoms with Gasteiger partial charge in [-0.15, -0.1) is 0 Å². The van der Waals surface area contributed by atoms with Crippen LogP contribution in [0, 0.1) is 17.0 Å². The van der Waals surface area contributed by atoms with Crippen LogP contribution in [0.15, 0.2) is 29.2 Å². The highest BCUT2D eigenvalue weighted by Crippen LogP contribution is 2.40. The van der Waals surface area contributed by atoms with Crippen molar-refractivity contribution in [3.05, 3.63) is 39.9 Å². The Balaban J connectivity index is 3.74. The lowest BCUT2D eigenvalue weighted by Gasteiger charge is -2.36. The van der Waals surface area contributed by atoms with Gasteiger partial charge in [0.2, 0.25) is 20.1 Å².